The number of nitrogens with zero attached hydrogens (tertiary/aromatic N) is 7. The Morgan fingerprint density at radius 2 is 1.81 bits per heavy atom. The van der Waals surface area contributed by atoms with Crippen molar-refractivity contribution < 1.29 is 36.6 Å². The number of ether oxygens (including phenoxy) is 1. The van der Waals surface area contributed by atoms with E-state index in [-0.39, 0.29) is 60.7 Å². The molecule has 3 aliphatic heterocycles. The number of amides is 1. The summed E-state index contributed by atoms with van der Waals surface area (Å²) in [5.74, 6) is -0.583. The molecule has 0 unspecified atom stereocenters. The standard InChI is InChI=1S/C38H38F5N7O3/c1-3-29-30(40)7-4-23-14-28(51)15-24(31(23)29)16-49-21-44-32-33(49)45-36(48-17-26-5-6-27(18-48)50(26)35(52)22(2)39)46-34(32)53-20-37(10-11-37)19-47-12-8-25(9-13-47)38(41,42)43/h1,4,7,14-15,21,25-27,51H,2,5-6,8-13,16-20H2/t26-,27+. The van der Waals surface area contributed by atoms with E-state index in [2.05, 4.69) is 22.4 Å². The molecule has 15 heteroatoms. The molecule has 4 aliphatic rings. The molecule has 5 heterocycles. The van der Waals surface area contributed by atoms with Crippen molar-refractivity contribution in [3.05, 3.63) is 59.9 Å². The number of benzene rings is 2. The number of hydrogen-bond acceptors (Lipinski definition) is 8. The third kappa shape index (κ3) is 6.62. The van der Waals surface area contributed by atoms with Crippen molar-refractivity contribution in [2.24, 2.45) is 11.3 Å². The summed E-state index contributed by atoms with van der Waals surface area (Å²) in [5.41, 5.74) is 1.15. The molecule has 10 nitrogen and oxygen atoms in total. The lowest BCUT2D eigenvalue weighted by atomic mass is 9.95. The highest BCUT2D eigenvalue weighted by Gasteiger charge is 2.48. The van der Waals surface area contributed by atoms with E-state index in [0.717, 1.165) is 12.8 Å². The Morgan fingerprint density at radius 3 is 2.45 bits per heavy atom. The van der Waals surface area contributed by atoms with Crippen molar-refractivity contribution in [3.8, 4) is 24.0 Å². The summed E-state index contributed by atoms with van der Waals surface area (Å²) >= 11 is 0. The predicted molar refractivity (Wildman–Crippen MR) is 186 cm³/mol. The number of aromatic nitrogens is 4. The molecule has 0 radical (unpaired) electrons. The number of piperazine rings is 1. The number of piperidine rings is 1. The Kier molecular flexibility index (Phi) is 8.71. The van der Waals surface area contributed by atoms with Crippen LogP contribution >= 0.6 is 0 Å². The first-order valence-electron chi connectivity index (χ1n) is 17.8. The third-order valence-corrected chi connectivity index (χ3v) is 11.4. The Hall–Kier alpha value is -4.97. The Morgan fingerprint density at radius 1 is 1.09 bits per heavy atom. The van der Waals surface area contributed by atoms with Crippen molar-refractivity contribution in [2.75, 3.05) is 44.2 Å². The van der Waals surface area contributed by atoms with Crippen LogP contribution in [0.4, 0.5) is 27.9 Å². The van der Waals surface area contributed by atoms with E-state index < -0.39 is 29.6 Å². The van der Waals surface area contributed by atoms with E-state index in [1.54, 1.807) is 21.9 Å². The number of phenols is 1. The SMILES string of the molecule is C#Cc1c(F)ccc2cc(O)cc(Cn3cnc4c(OCC5(CN6CCC(C(F)(F)F)CC6)CC5)nc(N5C[C@H]6CC[C@@H](C5)N6C(=O)C(=C)F)nc43)c12. The number of aromatic hydroxyl groups is 1. The first-order chi connectivity index (χ1) is 25.3. The predicted octanol–water partition coefficient (Wildman–Crippen LogP) is 5.95. The van der Waals surface area contributed by atoms with Gasteiger partial charge in [0.25, 0.3) is 5.91 Å². The van der Waals surface area contributed by atoms with E-state index in [1.165, 1.54) is 18.2 Å². The van der Waals surface area contributed by atoms with Crippen molar-refractivity contribution >= 4 is 33.8 Å². The van der Waals surface area contributed by atoms with E-state index in [4.69, 9.17) is 21.1 Å². The zero-order valence-electron chi connectivity index (χ0n) is 28.9. The van der Waals surface area contributed by atoms with E-state index in [9.17, 15) is 31.9 Å². The number of likely N-dealkylation sites (tertiary alicyclic amines) is 1. The molecule has 4 aromatic rings. The maximum absolute atomic E-state index is 14.9. The van der Waals surface area contributed by atoms with Crippen LogP contribution in [0, 0.1) is 29.5 Å². The van der Waals surface area contributed by atoms with Crippen LogP contribution < -0.4 is 9.64 Å². The van der Waals surface area contributed by atoms with Crippen molar-refractivity contribution in [1.29, 1.82) is 0 Å². The van der Waals surface area contributed by atoms with Crippen LogP contribution in [0.15, 0.2) is 43.0 Å². The Labute approximate surface area is 302 Å². The number of anilines is 1. The average Bonchev–Trinajstić information content (AvgIpc) is 3.69. The minimum Gasteiger partial charge on any atom is -0.508 e. The van der Waals surface area contributed by atoms with E-state index >= 15 is 0 Å². The molecule has 2 atom stereocenters. The highest BCUT2D eigenvalue weighted by Crippen LogP contribution is 2.48. The molecule has 8 rings (SSSR count). The number of phenolic OH excluding ortho intramolecular Hbond substituents is 1. The summed E-state index contributed by atoms with van der Waals surface area (Å²) in [7, 11) is 0. The van der Waals surface area contributed by atoms with Crippen LogP contribution in [0.3, 0.4) is 0 Å². The smallest absolute Gasteiger partial charge is 0.391 e. The van der Waals surface area contributed by atoms with Gasteiger partial charge in [-0.15, -0.1) is 6.42 Å². The number of imidazole rings is 1. The van der Waals surface area contributed by atoms with E-state index in [1.807, 2.05) is 4.90 Å². The van der Waals surface area contributed by atoms with Gasteiger partial charge in [0.05, 0.1) is 43.0 Å². The lowest BCUT2D eigenvalue weighted by Gasteiger charge is -2.40. The fraction of sp³-hybridized carbons (Fsp3) is 0.474. The molecule has 0 spiro atoms. The fourth-order valence-corrected chi connectivity index (χ4v) is 8.40. The maximum Gasteiger partial charge on any atom is 0.391 e. The highest BCUT2D eigenvalue weighted by atomic mass is 19.4. The minimum absolute atomic E-state index is 0.0259. The van der Waals surface area contributed by atoms with Crippen LogP contribution in [0.2, 0.25) is 0 Å². The Bertz CT molecular complexity index is 2140. The van der Waals surface area contributed by atoms with Crippen LogP contribution in [0.1, 0.15) is 49.7 Å². The van der Waals surface area contributed by atoms with Gasteiger partial charge >= 0.3 is 6.18 Å². The second-order valence-electron chi connectivity index (χ2n) is 14.9. The fourth-order valence-electron chi connectivity index (χ4n) is 8.40. The maximum atomic E-state index is 14.9. The lowest BCUT2D eigenvalue weighted by molar-refractivity contribution is -0.185. The molecule has 1 aliphatic carbocycles. The van der Waals surface area contributed by atoms with Gasteiger partial charge in [-0.3, -0.25) is 4.79 Å². The molecular formula is C38H38F5N7O3. The molecule has 1 saturated carbocycles. The molecule has 1 N–H and O–H groups in total. The van der Waals surface area contributed by atoms with Crippen LogP contribution in [-0.2, 0) is 11.3 Å². The van der Waals surface area contributed by atoms with Gasteiger partial charge in [-0.2, -0.15) is 23.1 Å². The largest absolute Gasteiger partial charge is 0.508 e. The Balaban J connectivity index is 1.11. The monoisotopic (exact) mass is 735 g/mol. The van der Waals surface area contributed by atoms with Crippen LogP contribution in [0.25, 0.3) is 21.9 Å². The number of terminal acetylenes is 1. The zero-order valence-corrected chi connectivity index (χ0v) is 28.9. The third-order valence-electron chi connectivity index (χ3n) is 11.4. The molecule has 278 valence electrons. The number of halogens is 5. The van der Waals surface area contributed by atoms with Gasteiger partial charge in [-0.05, 0) is 80.8 Å². The van der Waals surface area contributed by atoms with Gasteiger partial charge < -0.3 is 29.1 Å². The number of carbonyl (C=O) groups is 1. The minimum atomic E-state index is -4.18. The lowest BCUT2D eigenvalue weighted by Crippen LogP contribution is -2.56. The van der Waals surface area contributed by atoms with Crippen molar-refractivity contribution in [3.63, 3.8) is 0 Å². The van der Waals surface area contributed by atoms with Gasteiger partial charge in [-0.1, -0.05) is 18.6 Å². The van der Waals surface area contributed by atoms with Gasteiger partial charge in [0, 0.05) is 30.4 Å². The van der Waals surface area contributed by atoms with Gasteiger partial charge in [0.15, 0.2) is 17.0 Å². The second-order valence-corrected chi connectivity index (χ2v) is 14.9. The molecule has 2 aromatic heterocycles. The van der Waals surface area contributed by atoms with Gasteiger partial charge in [0.1, 0.15) is 11.6 Å². The van der Waals surface area contributed by atoms with Crippen molar-refractivity contribution in [1.82, 2.24) is 29.3 Å². The quantitative estimate of drug-likeness (QED) is 0.128. The molecule has 3 saturated heterocycles. The van der Waals surface area contributed by atoms with Crippen LogP contribution in [-0.4, -0.2) is 97.9 Å². The molecule has 1 amide bonds. The van der Waals surface area contributed by atoms with Crippen LogP contribution in [0.5, 0.6) is 11.6 Å². The number of fused-ring (bicyclic) bond motifs is 4. The highest BCUT2D eigenvalue weighted by molar-refractivity contribution is 5.93. The summed E-state index contributed by atoms with van der Waals surface area (Å²) in [6.45, 7) is 5.67. The van der Waals surface area contributed by atoms with Crippen molar-refractivity contribution in [2.45, 2.75) is 63.3 Å². The summed E-state index contributed by atoms with van der Waals surface area (Å²) in [6, 6.07) is 5.31. The topological polar surface area (TPSA) is 99.9 Å². The molecule has 2 bridgehead atoms. The first-order valence-corrected chi connectivity index (χ1v) is 17.8. The number of carbonyl (C=O) groups excluding carboxylic acids is 1. The molecule has 4 fully saturated rings. The summed E-state index contributed by atoms with van der Waals surface area (Å²) in [4.78, 5) is 32.6. The average molecular weight is 736 g/mol. The number of alkyl halides is 3. The molecular weight excluding hydrogens is 697 g/mol. The summed E-state index contributed by atoms with van der Waals surface area (Å²) < 4.78 is 76.9. The second kappa shape index (κ2) is 13.2. The first kappa shape index (κ1) is 35.1. The van der Waals surface area contributed by atoms with E-state index in [0.29, 0.717) is 79.0 Å². The summed E-state index contributed by atoms with van der Waals surface area (Å²) in [6.07, 6.45) is 6.36. The molecule has 2 aromatic carbocycles. The summed E-state index contributed by atoms with van der Waals surface area (Å²) in [5, 5.41) is 11.6. The normalized spacial score (nSPS) is 21.7. The van der Waals surface area contributed by atoms with Gasteiger partial charge in [0.2, 0.25) is 11.8 Å². The van der Waals surface area contributed by atoms with Gasteiger partial charge in [-0.25, -0.2) is 13.8 Å². The number of rotatable bonds is 9. The molecule has 53 heavy (non-hydrogen) atoms. The number of hydrogen-bond donors (Lipinski definition) is 1. The zero-order chi connectivity index (χ0) is 37.2.